The first-order valence-electron chi connectivity index (χ1n) is 10.4. The van der Waals surface area contributed by atoms with Crippen LogP contribution in [0, 0.1) is 13.8 Å². The number of carbonyl (C=O) groups is 1. The fourth-order valence-electron chi connectivity index (χ4n) is 3.79. The van der Waals surface area contributed by atoms with Crippen LogP contribution in [-0.4, -0.2) is 41.7 Å². The fourth-order valence-corrected chi connectivity index (χ4v) is 5.35. The molecule has 2 aromatic carbocycles. The molecule has 1 aliphatic rings. The number of imidazole rings is 1. The van der Waals surface area contributed by atoms with Crippen molar-refractivity contribution in [3.63, 3.8) is 0 Å². The van der Waals surface area contributed by atoms with Crippen molar-refractivity contribution in [3.8, 4) is 11.4 Å². The van der Waals surface area contributed by atoms with Gasteiger partial charge in [0.1, 0.15) is 11.5 Å². The Labute approximate surface area is 182 Å². The van der Waals surface area contributed by atoms with E-state index in [-0.39, 0.29) is 16.5 Å². The molecule has 1 aromatic heterocycles. The number of carbonyl (C=O) groups excluding carboxylic acids is 1. The maximum absolute atomic E-state index is 12.9. The van der Waals surface area contributed by atoms with Crippen molar-refractivity contribution >= 4 is 21.6 Å². The van der Waals surface area contributed by atoms with E-state index in [9.17, 15) is 13.2 Å². The van der Waals surface area contributed by atoms with Gasteiger partial charge in [-0.1, -0.05) is 36.2 Å². The van der Waals surface area contributed by atoms with Gasteiger partial charge in [-0.15, -0.1) is 0 Å². The summed E-state index contributed by atoms with van der Waals surface area (Å²) < 4.78 is 27.4. The lowest BCUT2D eigenvalue weighted by Crippen LogP contribution is -2.35. The van der Waals surface area contributed by atoms with Crippen LogP contribution in [0.1, 0.15) is 41.0 Å². The van der Waals surface area contributed by atoms with E-state index >= 15 is 0 Å². The predicted molar refractivity (Wildman–Crippen MR) is 121 cm³/mol. The molecule has 0 radical (unpaired) electrons. The number of aryl methyl sites for hydroxylation is 2. The van der Waals surface area contributed by atoms with Gasteiger partial charge in [0.05, 0.1) is 4.90 Å². The maximum atomic E-state index is 12.9. The molecule has 8 heteroatoms. The fraction of sp³-hybridized carbons (Fsp3) is 0.304. The van der Waals surface area contributed by atoms with Crippen molar-refractivity contribution < 1.29 is 13.2 Å². The predicted octanol–water partition coefficient (Wildman–Crippen LogP) is 4.12. The van der Waals surface area contributed by atoms with Crippen LogP contribution in [0.15, 0.2) is 53.4 Å². The Morgan fingerprint density at radius 1 is 1.03 bits per heavy atom. The van der Waals surface area contributed by atoms with Crippen molar-refractivity contribution in [2.24, 2.45) is 0 Å². The highest BCUT2D eigenvalue weighted by molar-refractivity contribution is 7.89. The highest BCUT2D eigenvalue weighted by atomic mass is 32.2. The third kappa shape index (κ3) is 4.55. The molecular formula is C23H26N4O3S. The van der Waals surface area contributed by atoms with Crippen LogP contribution < -0.4 is 5.32 Å². The van der Waals surface area contributed by atoms with Crippen molar-refractivity contribution in [1.29, 1.82) is 0 Å². The smallest absolute Gasteiger partial charge is 0.276 e. The summed E-state index contributed by atoms with van der Waals surface area (Å²) in [6, 6.07) is 14.3. The second-order valence-electron chi connectivity index (χ2n) is 7.88. The number of amides is 1. The van der Waals surface area contributed by atoms with E-state index in [1.54, 1.807) is 25.1 Å². The third-order valence-electron chi connectivity index (χ3n) is 5.44. The number of H-pyrrole nitrogens is 1. The second kappa shape index (κ2) is 8.64. The van der Waals surface area contributed by atoms with Gasteiger partial charge < -0.3 is 10.3 Å². The van der Waals surface area contributed by atoms with E-state index < -0.39 is 10.0 Å². The average Bonchev–Trinajstić information content (AvgIpc) is 3.16. The Kier molecular flexibility index (Phi) is 5.93. The van der Waals surface area contributed by atoms with Crippen LogP contribution in [0.2, 0.25) is 0 Å². The number of nitrogens with zero attached hydrogens (tertiary/aromatic N) is 2. The summed E-state index contributed by atoms with van der Waals surface area (Å²) in [5.74, 6) is 0.230. The summed E-state index contributed by atoms with van der Waals surface area (Å²) in [5, 5.41) is 2.79. The summed E-state index contributed by atoms with van der Waals surface area (Å²) in [6.45, 7) is 4.86. The van der Waals surface area contributed by atoms with Crippen molar-refractivity contribution in [2.45, 2.75) is 38.0 Å². The molecule has 0 unspecified atom stereocenters. The number of anilines is 1. The van der Waals surface area contributed by atoms with Crippen molar-refractivity contribution in [3.05, 3.63) is 65.5 Å². The van der Waals surface area contributed by atoms with Gasteiger partial charge in [0.2, 0.25) is 10.0 Å². The van der Waals surface area contributed by atoms with Crippen LogP contribution in [0.5, 0.6) is 0 Å². The normalized spacial score (nSPS) is 15.0. The van der Waals surface area contributed by atoms with E-state index in [1.165, 1.54) is 10.4 Å². The monoisotopic (exact) mass is 438 g/mol. The number of hydrogen-bond acceptors (Lipinski definition) is 4. The van der Waals surface area contributed by atoms with E-state index in [0.717, 1.165) is 30.4 Å². The van der Waals surface area contributed by atoms with E-state index in [2.05, 4.69) is 15.3 Å². The molecule has 31 heavy (non-hydrogen) atoms. The van der Waals surface area contributed by atoms with Gasteiger partial charge >= 0.3 is 0 Å². The summed E-state index contributed by atoms with van der Waals surface area (Å²) in [4.78, 5) is 20.7. The van der Waals surface area contributed by atoms with Crippen LogP contribution in [0.4, 0.5) is 5.69 Å². The second-order valence-corrected chi connectivity index (χ2v) is 9.81. The average molecular weight is 439 g/mol. The zero-order valence-electron chi connectivity index (χ0n) is 17.7. The number of aromatic amines is 1. The minimum Gasteiger partial charge on any atom is -0.341 e. The summed E-state index contributed by atoms with van der Waals surface area (Å²) >= 11 is 0. The van der Waals surface area contributed by atoms with Gasteiger partial charge in [0.15, 0.2) is 0 Å². The molecule has 0 spiro atoms. The Balaban J connectivity index is 1.55. The molecule has 1 amide bonds. The molecule has 7 nitrogen and oxygen atoms in total. The van der Waals surface area contributed by atoms with E-state index in [1.807, 2.05) is 31.2 Å². The third-order valence-corrected chi connectivity index (χ3v) is 7.33. The molecule has 0 atom stereocenters. The Hall–Kier alpha value is -2.97. The number of nitrogens with one attached hydrogen (secondary N) is 2. The summed E-state index contributed by atoms with van der Waals surface area (Å²) in [5.41, 5.74) is 3.34. The molecule has 0 aliphatic carbocycles. The SMILES string of the molecule is Cc1cccc(-c2nc(C(=O)Nc3cccc(S(=O)(=O)N4CCCCC4)c3)c(C)[nH]2)c1. The van der Waals surface area contributed by atoms with Gasteiger partial charge in [-0.2, -0.15) is 4.31 Å². The first-order chi connectivity index (χ1) is 14.8. The Morgan fingerprint density at radius 3 is 2.52 bits per heavy atom. The number of rotatable bonds is 5. The zero-order valence-corrected chi connectivity index (χ0v) is 18.5. The lowest BCUT2D eigenvalue weighted by atomic mass is 10.1. The van der Waals surface area contributed by atoms with Crippen LogP contribution in [0.25, 0.3) is 11.4 Å². The molecule has 0 bridgehead atoms. The summed E-state index contributed by atoms with van der Waals surface area (Å²) in [7, 11) is -3.57. The van der Waals surface area contributed by atoms with Gasteiger partial charge in [0, 0.05) is 30.0 Å². The summed E-state index contributed by atoms with van der Waals surface area (Å²) in [6.07, 6.45) is 2.80. The van der Waals surface area contributed by atoms with Crippen LogP contribution in [-0.2, 0) is 10.0 Å². The van der Waals surface area contributed by atoms with Crippen molar-refractivity contribution in [2.75, 3.05) is 18.4 Å². The van der Waals surface area contributed by atoms with E-state index in [0.29, 0.717) is 30.3 Å². The maximum Gasteiger partial charge on any atom is 0.276 e. The topological polar surface area (TPSA) is 95.2 Å². The Morgan fingerprint density at radius 2 is 1.77 bits per heavy atom. The molecule has 1 saturated heterocycles. The lowest BCUT2D eigenvalue weighted by molar-refractivity contribution is 0.102. The molecule has 2 heterocycles. The highest BCUT2D eigenvalue weighted by Gasteiger charge is 2.26. The number of piperidine rings is 1. The van der Waals surface area contributed by atoms with Gasteiger partial charge in [-0.05, 0) is 51.0 Å². The molecule has 3 aromatic rings. The standard InChI is InChI=1S/C23H26N4O3S/c1-16-8-6-9-18(14-16)22-24-17(2)21(26-22)23(28)25-19-10-7-11-20(15-19)31(29,30)27-12-4-3-5-13-27/h6-11,14-15H,3-5,12-13H2,1-2H3,(H,24,26)(H,25,28). The van der Waals surface area contributed by atoms with Gasteiger partial charge in [0.25, 0.3) is 5.91 Å². The molecular weight excluding hydrogens is 412 g/mol. The molecule has 1 fully saturated rings. The number of hydrogen-bond donors (Lipinski definition) is 2. The Bertz CT molecular complexity index is 1210. The molecule has 162 valence electrons. The minimum atomic E-state index is -3.57. The molecule has 2 N–H and O–H groups in total. The minimum absolute atomic E-state index is 0.186. The lowest BCUT2D eigenvalue weighted by Gasteiger charge is -2.26. The first-order valence-corrected chi connectivity index (χ1v) is 11.8. The van der Waals surface area contributed by atoms with Gasteiger partial charge in [-0.25, -0.2) is 13.4 Å². The zero-order chi connectivity index (χ0) is 22.0. The molecule has 4 rings (SSSR count). The number of aromatic nitrogens is 2. The van der Waals surface area contributed by atoms with Gasteiger partial charge in [-0.3, -0.25) is 4.79 Å². The van der Waals surface area contributed by atoms with Crippen LogP contribution in [0.3, 0.4) is 0 Å². The highest BCUT2D eigenvalue weighted by Crippen LogP contribution is 2.24. The quantitative estimate of drug-likeness (QED) is 0.626. The number of benzene rings is 2. The number of sulfonamides is 1. The molecule has 0 saturated carbocycles. The first kappa shape index (κ1) is 21.3. The van der Waals surface area contributed by atoms with Crippen LogP contribution >= 0.6 is 0 Å². The molecule has 1 aliphatic heterocycles. The van der Waals surface area contributed by atoms with E-state index in [4.69, 9.17) is 0 Å². The largest absolute Gasteiger partial charge is 0.341 e. The van der Waals surface area contributed by atoms with Crippen molar-refractivity contribution in [1.82, 2.24) is 14.3 Å².